The molecule has 2 rings (SSSR count). The van der Waals surface area contributed by atoms with Crippen molar-refractivity contribution in [1.29, 1.82) is 0 Å². The van der Waals surface area contributed by atoms with Crippen molar-refractivity contribution in [2.45, 2.75) is 6.54 Å². The highest BCUT2D eigenvalue weighted by Crippen LogP contribution is 2.34. The van der Waals surface area contributed by atoms with Crippen molar-refractivity contribution in [3.05, 3.63) is 54.1 Å². The molecule has 0 unspecified atom stereocenters. The number of anilines is 1. The van der Waals surface area contributed by atoms with E-state index in [4.69, 9.17) is 9.47 Å². The number of para-hydroxylation sites is 1. The Morgan fingerprint density at radius 2 is 1.67 bits per heavy atom. The van der Waals surface area contributed by atoms with Gasteiger partial charge in [0.2, 0.25) is 0 Å². The van der Waals surface area contributed by atoms with Gasteiger partial charge in [0.25, 0.3) is 0 Å². The van der Waals surface area contributed by atoms with E-state index >= 15 is 0 Å². The van der Waals surface area contributed by atoms with Gasteiger partial charge < -0.3 is 14.8 Å². The van der Waals surface area contributed by atoms with Crippen LogP contribution in [-0.2, 0) is 6.54 Å². The smallest absolute Gasteiger partial charge is 0.183 e. The average Bonchev–Trinajstić information content (AvgIpc) is 2.45. The first-order valence-corrected chi connectivity index (χ1v) is 5.84. The SMILES string of the molecule is COc1cccc(NCc2ccccc2)c1OC. The lowest BCUT2D eigenvalue weighted by atomic mass is 10.2. The second-order valence-corrected chi connectivity index (χ2v) is 3.88. The Hall–Kier alpha value is -2.16. The molecule has 18 heavy (non-hydrogen) atoms. The van der Waals surface area contributed by atoms with Crippen LogP contribution in [0.1, 0.15) is 5.56 Å². The molecule has 0 saturated heterocycles. The van der Waals surface area contributed by atoms with E-state index in [0.29, 0.717) is 0 Å². The number of hydrogen-bond acceptors (Lipinski definition) is 3. The van der Waals surface area contributed by atoms with E-state index in [9.17, 15) is 0 Å². The number of ether oxygens (including phenoxy) is 2. The second kappa shape index (κ2) is 5.96. The molecule has 2 aromatic carbocycles. The molecule has 0 amide bonds. The lowest BCUT2D eigenvalue weighted by Gasteiger charge is -2.14. The summed E-state index contributed by atoms with van der Waals surface area (Å²) in [5, 5.41) is 3.35. The predicted molar refractivity (Wildman–Crippen MR) is 73.3 cm³/mol. The molecule has 0 spiro atoms. The summed E-state index contributed by atoms with van der Waals surface area (Å²) in [6.45, 7) is 0.754. The molecule has 94 valence electrons. The van der Waals surface area contributed by atoms with E-state index in [1.165, 1.54) is 5.56 Å². The Morgan fingerprint density at radius 1 is 0.889 bits per heavy atom. The third-order valence-electron chi connectivity index (χ3n) is 2.73. The molecule has 3 nitrogen and oxygen atoms in total. The summed E-state index contributed by atoms with van der Waals surface area (Å²) in [5.74, 6) is 1.46. The maximum atomic E-state index is 5.37. The van der Waals surface area contributed by atoms with Crippen molar-refractivity contribution in [3.63, 3.8) is 0 Å². The molecule has 2 aromatic rings. The van der Waals surface area contributed by atoms with Crippen molar-refractivity contribution in [2.75, 3.05) is 19.5 Å². The van der Waals surface area contributed by atoms with E-state index in [1.54, 1.807) is 14.2 Å². The van der Waals surface area contributed by atoms with E-state index in [2.05, 4.69) is 17.4 Å². The lowest BCUT2D eigenvalue weighted by Crippen LogP contribution is -2.02. The molecular weight excluding hydrogens is 226 g/mol. The third kappa shape index (κ3) is 2.74. The van der Waals surface area contributed by atoms with Crippen LogP contribution >= 0.6 is 0 Å². The molecule has 0 aliphatic carbocycles. The van der Waals surface area contributed by atoms with Crippen LogP contribution in [0, 0.1) is 0 Å². The van der Waals surface area contributed by atoms with Crippen LogP contribution in [0.3, 0.4) is 0 Å². The second-order valence-electron chi connectivity index (χ2n) is 3.88. The Bertz CT molecular complexity index is 497. The monoisotopic (exact) mass is 243 g/mol. The van der Waals surface area contributed by atoms with Crippen LogP contribution in [0.2, 0.25) is 0 Å². The van der Waals surface area contributed by atoms with Crippen LogP contribution in [0.15, 0.2) is 48.5 Å². The van der Waals surface area contributed by atoms with Crippen molar-refractivity contribution < 1.29 is 9.47 Å². The minimum Gasteiger partial charge on any atom is -0.493 e. The van der Waals surface area contributed by atoms with Gasteiger partial charge in [-0.25, -0.2) is 0 Å². The number of rotatable bonds is 5. The molecule has 0 atom stereocenters. The maximum Gasteiger partial charge on any atom is 0.183 e. The van der Waals surface area contributed by atoms with Crippen molar-refractivity contribution in [1.82, 2.24) is 0 Å². The van der Waals surface area contributed by atoms with Crippen LogP contribution in [0.5, 0.6) is 11.5 Å². The van der Waals surface area contributed by atoms with Crippen LogP contribution in [0.4, 0.5) is 5.69 Å². The summed E-state index contributed by atoms with van der Waals surface area (Å²) in [6, 6.07) is 16.0. The molecule has 0 aliphatic heterocycles. The van der Waals surface area contributed by atoms with Crippen molar-refractivity contribution >= 4 is 5.69 Å². The van der Waals surface area contributed by atoms with Gasteiger partial charge in [-0.15, -0.1) is 0 Å². The standard InChI is InChI=1S/C15H17NO2/c1-17-14-10-6-9-13(15(14)18-2)16-11-12-7-4-3-5-8-12/h3-10,16H,11H2,1-2H3. The van der Waals surface area contributed by atoms with Gasteiger partial charge in [-0.3, -0.25) is 0 Å². The molecular formula is C15H17NO2. The first-order valence-electron chi connectivity index (χ1n) is 5.84. The van der Waals surface area contributed by atoms with E-state index in [0.717, 1.165) is 23.7 Å². The molecule has 0 aliphatic rings. The Balaban J connectivity index is 2.14. The van der Waals surface area contributed by atoms with Crippen molar-refractivity contribution in [3.8, 4) is 11.5 Å². The van der Waals surface area contributed by atoms with Gasteiger partial charge in [0, 0.05) is 6.54 Å². The molecule has 1 N–H and O–H groups in total. The minimum absolute atomic E-state index is 0.732. The van der Waals surface area contributed by atoms with Gasteiger partial charge in [-0.05, 0) is 17.7 Å². The Kier molecular flexibility index (Phi) is 4.07. The summed E-state index contributed by atoms with van der Waals surface area (Å²) in [6.07, 6.45) is 0. The van der Waals surface area contributed by atoms with E-state index in [-0.39, 0.29) is 0 Å². The van der Waals surface area contributed by atoms with Gasteiger partial charge in [-0.2, -0.15) is 0 Å². The average molecular weight is 243 g/mol. The Morgan fingerprint density at radius 3 is 2.33 bits per heavy atom. The highest BCUT2D eigenvalue weighted by molar-refractivity contribution is 5.63. The van der Waals surface area contributed by atoms with Crippen LogP contribution in [-0.4, -0.2) is 14.2 Å². The molecule has 0 saturated carbocycles. The molecule has 0 fully saturated rings. The van der Waals surface area contributed by atoms with Crippen molar-refractivity contribution in [2.24, 2.45) is 0 Å². The topological polar surface area (TPSA) is 30.5 Å². The van der Waals surface area contributed by atoms with Crippen LogP contribution in [0.25, 0.3) is 0 Å². The maximum absolute atomic E-state index is 5.37. The first kappa shape index (κ1) is 12.3. The number of methoxy groups -OCH3 is 2. The van der Waals surface area contributed by atoms with Gasteiger partial charge >= 0.3 is 0 Å². The van der Waals surface area contributed by atoms with Gasteiger partial charge in [0.15, 0.2) is 11.5 Å². The van der Waals surface area contributed by atoms with Gasteiger partial charge in [0.1, 0.15) is 0 Å². The molecule has 3 heteroatoms. The first-order chi connectivity index (χ1) is 8.85. The fourth-order valence-corrected chi connectivity index (χ4v) is 1.82. The molecule has 0 aromatic heterocycles. The van der Waals surface area contributed by atoms with Gasteiger partial charge in [0.05, 0.1) is 19.9 Å². The fourth-order valence-electron chi connectivity index (χ4n) is 1.82. The summed E-state index contributed by atoms with van der Waals surface area (Å²) in [7, 11) is 3.28. The Labute approximate surface area is 107 Å². The highest BCUT2D eigenvalue weighted by atomic mass is 16.5. The number of hydrogen-bond donors (Lipinski definition) is 1. The zero-order valence-electron chi connectivity index (χ0n) is 10.6. The van der Waals surface area contributed by atoms with Crippen LogP contribution < -0.4 is 14.8 Å². The third-order valence-corrected chi connectivity index (χ3v) is 2.73. The molecule has 0 heterocycles. The van der Waals surface area contributed by atoms with E-state index < -0.39 is 0 Å². The number of benzene rings is 2. The lowest BCUT2D eigenvalue weighted by molar-refractivity contribution is 0.356. The zero-order chi connectivity index (χ0) is 12.8. The summed E-state index contributed by atoms with van der Waals surface area (Å²) < 4.78 is 10.6. The number of nitrogens with one attached hydrogen (secondary N) is 1. The fraction of sp³-hybridized carbons (Fsp3) is 0.200. The highest BCUT2D eigenvalue weighted by Gasteiger charge is 2.08. The molecule has 0 bridgehead atoms. The normalized spacial score (nSPS) is 9.89. The van der Waals surface area contributed by atoms with E-state index in [1.807, 2.05) is 36.4 Å². The molecule has 0 radical (unpaired) electrons. The minimum atomic E-state index is 0.732. The quantitative estimate of drug-likeness (QED) is 0.873. The summed E-state index contributed by atoms with van der Waals surface area (Å²) >= 11 is 0. The zero-order valence-corrected chi connectivity index (χ0v) is 10.6. The summed E-state index contributed by atoms with van der Waals surface area (Å²) in [4.78, 5) is 0. The largest absolute Gasteiger partial charge is 0.493 e. The predicted octanol–water partition coefficient (Wildman–Crippen LogP) is 3.32. The van der Waals surface area contributed by atoms with Gasteiger partial charge in [-0.1, -0.05) is 36.4 Å². The summed E-state index contributed by atoms with van der Waals surface area (Å²) in [5.41, 5.74) is 2.16.